The van der Waals surface area contributed by atoms with Crippen LogP contribution in [-0.4, -0.2) is 17.7 Å². The van der Waals surface area contributed by atoms with Crippen molar-refractivity contribution in [2.75, 3.05) is 6.61 Å². The van der Waals surface area contributed by atoms with Crippen molar-refractivity contribution in [2.45, 2.75) is 63.7 Å². The molecule has 0 saturated heterocycles. The van der Waals surface area contributed by atoms with Crippen molar-refractivity contribution in [1.82, 2.24) is 0 Å². The monoisotopic (exact) mass is 400 g/mol. The molecule has 4 heteroatoms. The molecule has 3 aliphatic rings. The van der Waals surface area contributed by atoms with E-state index >= 15 is 0 Å². The Morgan fingerprint density at radius 2 is 2.04 bits per heavy atom. The largest absolute Gasteiger partial charge is 0.478 e. The maximum absolute atomic E-state index is 11.0. The second-order valence-electron chi connectivity index (χ2n) is 9.38. The first-order valence-corrected chi connectivity index (χ1v) is 11.5. The number of aromatic carboxylic acids is 1. The Hall–Kier alpha value is -1.26. The second-order valence-corrected chi connectivity index (χ2v) is 10.3. The highest BCUT2D eigenvalue weighted by atomic mass is 32.2. The molecule has 0 aromatic heterocycles. The molecular formula is C24H32O3S. The molecule has 2 saturated carbocycles. The maximum Gasteiger partial charge on any atom is 0.335 e. The van der Waals surface area contributed by atoms with E-state index in [0.29, 0.717) is 16.9 Å². The van der Waals surface area contributed by atoms with Gasteiger partial charge in [-0.1, -0.05) is 31.9 Å². The van der Waals surface area contributed by atoms with Gasteiger partial charge >= 0.3 is 5.97 Å². The summed E-state index contributed by atoms with van der Waals surface area (Å²) >= 11 is 1.39. The third kappa shape index (κ3) is 3.91. The number of carbonyl (C=O) groups is 1. The molecule has 1 aromatic carbocycles. The first-order chi connectivity index (χ1) is 13.5. The van der Waals surface area contributed by atoms with E-state index in [1.54, 1.807) is 17.7 Å². The molecule has 2 fully saturated rings. The van der Waals surface area contributed by atoms with Crippen molar-refractivity contribution in [2.24, 2.45) is 29.1 Å². The Bertz CT molecular complexity index is 741. The van der Waals surface area contributed by atoms with E-state index in [9.17, 15) is 4.79 Å². The number of hydrogen-bond donors (Lipinski definition) is 1. The number of carboxylic acids is 1. The lowest BCUT2D eigenvalue weighted by atomic mass is 9.51. The molecular weight excluding hydrogens is 368 g/mol. The van der Waals surface area contributed by atoms with Crippen LogP contribution in [0.1, 0.15) is 69.2 Å². The molecule has 0 spiro atoms. The molecule has 3 aliphatic carbocycles. The second kappa shape index (κ2) is 8.23. The molecule has 1 N–H and O–H groups in total. The fraction of sp³-hybridized carbons (Fsp3) is 0.625. The fourth-order valence-corrected chi connectivity index (χ4v) is 6.78. The fourth-order valence-electron chi connectivity index (χ4n) is 6.15. The van der Waals surface area contributed by atoms with Gasteiger partial charge in [-0.3, -0.25) is 0 Å². The third-order valence-electron chi connectivity index (χ3n) is 7.55. The van der Waals surface area contributed by atoms with Crippen molar-refractivity contribution in [3.05, 3.63) is 41.5 Å². The Labute approximate surface area is 173 Å². The summed E-state index contributed by atoms with van der Waals surface area (Å²) in [6.45, 7) is 5.73. The zero-order valence-corrected chi connectivity index (χ0v) is 17.8. The Morgan fingerprint density at radius 1 is 1.25 bits per heavy atom. The summed E-state index contributed by atoms with van der Waals surface area (Å²) in [6.07, 6.45) is 11.9. The van der Waals surface area contributed by atoms with Crippen LogP contribution in [0.4, 0.5) is 0 Å². The maximum atomic E-state index is 11.0. The molecule has 152 valence electrons. The predicted octanol–water partition coefficient (Wildman–Crippen LogP) is 6.60. The summed E-state index contributed by atoms with van der Waals surface area (Å²) in [4.78, 5) is 11.9. The van der Waals surface area contributed by atoms with Gasteiger partial charge in [-0.15, -0.1) is 0 Å². The van der Waals surface area contributed by atoms with Gasteiger partial charge in [0.2, 0.25) is 0 Å². The van der Waals surface area contributed by atoms with E-state index in [1.165, 1.54) is 57.0 Å². The molecule has 0 aliphatic heterocycles. The van der Waals surface area contributed by atoms with Crippen LogP contribution in [0.15, 0.2) is 40.8 Å². The highest BCUT2D eigenvalue weighted by molar-refractivity contribution is 7.94. The predicted molar refractivity (Wildman–Crippen MR) is 113 cm³/mol. The quantitative estimate of drug-likeness (QED) is 0.447. The lowest BCUT2D eigenvalue weighted by Gasteiger charge is -2.54. The van der Waals surface area contributed by atoms with Gasteiger partial charge < -0.3 is 9.29 Å². The average molecular weight is 401 g/mol. The number of fused-ring (bicyclic) bond motifs is 3. The highest BCUT2D eigenvalue weighted by Crippen LogP contribution is 2.59. The van der Waals surface area contributed by atoms with Gasteiger partial charge in [0.15, 0.2) is 0 Å². The SMILES string of the molecule is CC1CC=C2C(CCC3[C@H](COSc4ccc(C(=O)O)cc4)CCC[C@@]23C)C1. The van der Waals surface area contributed by atoms with E-state index in [4.69, 9.17) is 9.29 Å². The van der Waals surface area contributed by atoms with Crippen LogP contribution in [-0.2, 0) is 4.18 Å². The average Bonchev–Trinajstić information content (AvgIpc) is 2.67. The highest BCUT2D eigenvalue weighted by Gasteiger charge is 2.49. The van der Waals surface area contributed by atoms with Crippen LogP contribution in [0.5, 0.6) is 0 Å². The van der Waals surface area contributed by atoms with Crippen LogP contribution in [0.25, 0.3) is 0 Å². The van der Waals surface area contributed by atoms with E-state index in [-0.39, 0.29) is 0 Å². The molecule has 0 heterocycles. The summed E-state index contributed by atoms with van der Waals surface area (Å²) in [5.41, 5.74) is 2.48. The first-order valence-electron chi connectivity index (χ1n) is 10.8. The molecule has 0 radical (unpaired) electrons. The van der Waals surface area contributed by atoms with Gasteiger partial charge in [-0.05, 0) is 91.9 Å². The van der Waals surface area contributed by atoms with Gasteiger partial charge in [-0.2, -0.15) is 0 Å². The molecule has 3 nitrogen and oxygen atoms in total. The molecule has 5 atom stereocenters. The molecule has 0 amide bonds. The van der Waals surface area contributed by atoms with Gasteiger partial charge in [0.25, 0.3) is 0 Å². The van der Waals surface area contributed by atoms with E-state index in [2.05, 4.69) is 19.9 Å². The molecule has 0 bridgehead atoms. The summed E-state index contributed by atoms with van der Waals surface area (Å²) in [7, 11) is 0. The minimum atomic E-state index is -0.888. The van der Waals surface area contributed by atoms with Gasteiger partial charge in [0.05, 0.1) is 12.2 Å². The number of carboxylic acid groups (broad SMARTS) is 1. The number of hydrogen-bond acceptors (Lipinski definition) is 3. The van der Waals surface area contributed by atoms with Gasteiger partial charge in [-0.25, -0.2) is 4.79 Å². The van der Waals surface area contributed by atoms with Crippen LogP contribution in [0.2, 0.25) is 0 Å². The minimum Gasteiger partial charge on any atom is -0.478 e. The van der Waals surface area contributed by atoms with Crippen molar-refractivity contribution < 1.29 is 14.1 Å². The third-order valence-corrected chi connectivity index (χ3v) is 8.27. The normalized spacial score (nSPS) is 34.9. The topological polar surface area (TPSA) is 46.5 Å². The Kier molecular flexibility index (Phi) is 5.89. The number of rotatable bonds is 5. The van der Waals surface area contributed by atoms with Crippen LogP contribution in [0, 0.1) is 29.1 Å². The zero-order valence-electron chi connectivity index (χ0n) is 17.0. The summed E-state index contributed by atoms with van der Waals surface area (Å²) in [5.74, 6) is 2.16. The van der Waals surface area contributed by atoms with E-state index < -0.39 is 5.97 Å². The number of allylic oxidation sites excluding steroid dienone is 2. The Balaban J connectivity index is 1.38. The first kappa shape index (κ1) is 20.0. The molecule has 28 heavy (non-hydrogen) atoms. The number of benzene rings is 1. The van der Waals surface area contributed by atoms with E-state index in [1.807, 2.05) is 12.1 Å². The van der Waals surface area contributed by atoms with Gasteiger partial charge in [0.1, 0.15) is 0 Å². The van der Waals surface area contributed by atoms with E-state index in [0.717, 1.165) is 29.3 Å². The lowest BCUT2D eigenvalue weighted by molar-refractivity contribution is 0.0186. The molecule has 1 aromatic rings. The minimum absolute atomic E-state index is 0.319. The van der Waals surface area contributed by atoms with Crippen molar-refractivity contribution in [3.63, 3.8) is 0 Å². The summed E-state index contributed by atoms with van der Waals surface area (Å²) in [5, 5.41) is 9.01. The van der Waals surface area contributed by atoms with Gasteiger partial charge in [0, 0.05) is 16.9 Å². The molecule has 3 unspecified atom stereocenters. The van der Waals surface area contributed by atoms with Crippen LogP contribution < -0.4 is 0 Å². The van der Waals surface area contributed by atoms with Crippen molar-refractivity contribution >= 4 is 18.0 Å². The Morgan fingerprint density at radius 3 is 2.79 bits per heavy atom. The smallest absolute Gasteiger partial charge is 0.335 e. The van der Waals surface area contributed by atoms with Crippen LogP contribution in [0.3, 0.4) is 0 Å². The standard InChI is InChI=1S/C24H32O3S/c1-16-5-11-21-18(14-16)8-12-22-19(4-3-13-24(21,22)2)15-27-28-20-9-6-17(7-10-20)23(25)26/h6-7,9-11,16,18-19,22H,3-5,8,12-15H2,1-2H3,(H,25,26)/t16?,18?,19-,22?,24-/m0/s1. The summed E-state index contributed by atoms with van der Waals surface area (Å²) in [6, 6.07) is 6.95. The van der Waals surface area contributed by atoms with Crippen molar-refractivity contribution in [1.29, 1.82) is 0 Å². The lowest BCUT2D eigenvalue weighted by Crippen LogP contribution is -2.46. The van der Waals surface area contributed by atoms with Crippen LogP contribution >= 0.6 is 12.0 Å². The molecule has 4 rings (SSSR count). The summed E-state index contributed by atoms with van der Waals surface area (Å²) < 4.78 is 6.06. The zero-order chi connectivity index (χ0) is 19.7. The van der Waals surface area contributed by atoms with Crippen molar-refractivity contribution in [3.8, 4) is 0 Å².